The first-order valence-corrected chi connectivity index (χ1v) is 6.62. The molecule has 1 aliphatic rings. The molecule has 6 heteroatoms. The van der Waals surface area contributed by atoms with E-state index in [-0.39, 0.29) is 40.5 Å². The maximum absolute atomic E-state index is 10.4. The molecule has 20 heavy (non-hydrogen) atoms. The van der Waals surface area contributed by atoms with E-state index in [4.69, 9.17) is 34.0 Å². The number of aromatic hydroxyl groups is 2. The summed E-state index contributed by atoms with van der Waals surface area (Å²) in [4.78, 5) is 0. The summed E-state index contributed by atoms with van der Waals surface area (Å²) in [6.45, 7) is 0. The zero-order chi connectivity index (χ0) is 14.7. The normalized spacial score (nSPS) is 17.3. The Morgan fingerprint density at radius 2 is 1.45 bits per heavy atom. The van der Waals surface area contributed by atoms with Gasteiger partial charge in [-0.3, -0.25) is 0 Å². The van der Waals surface area contributed by atoms with Gasteiger partial charge in [0.1, 0.15) is 11.5 Å². The van der Waals surface area contributed by atoms with Gasteiger partial charge in [-0.05, 0) is 0 Å². The molecule has 0 spiro atoms. The molecule has 0 aromatic heterocycles. The van der Waals surface area contributed by atoms with Crippen LogP contribution in [-0.2, 0) is 0 Å². The molecule has 0 fully saturated rings. The van der Waals surface area contributed by atoms with Crippen LogP contribution in [0.4, 0.5) is 0 Å². The fourth-order valence-electron chi connectivity index (χ4n) is 2.52. The van der Waals surface area contributed by atoms with Crippen molar-refractivity contribution >= 4 is 45.4 Å². The van der Waals surface area contributed by atoms with Crippen molar-refractivity contribution in [2.24, 2.45) is 0 Å². The third-order valence-corrected chi connectivity index (χ3v) is 4.12. The SMILES string of the molecule is N=C1CC(Cl)(Cl)C(=N)c2c1c(O)c1ccccc1c2O. The van der Waals surface area contributed by atoms with Crippen molar-refractivity contribution in [1.82, 2.24) is 0 Å². The molecule has 0 radical (unpaired) electrons. The lowest BCUT2D eigenvalue weighted by Crippen LogP contribution is -2.35. The van der Waals surface area contributed by atoms with Crippen LogP contribution in [0.5, 0.6) is 11.5 Å². The Balaban J connectivity index is 2.50. The van der Waals surface area contributed by atoms with Crippen molar-refractivity contribution in [3.63, 3.8) is 0 Å². The highest BCUT2D eigenvalue weighted by Gasteiger charge is 2.42. The summed E-state index contributed by atoms with van der Waals surface area (Å²) in [5.41, 5.74) is -0.0458. The van der Waals surface area contributed by atoms with Crippen LogP contribution in [-0.4, -0.2) is 26.0 Å². The zero-order valence-corrected chi connectivity index (χ0v) is 11.7. The van der Waals surface area contributed by atoms with Crippen LogP contribution in [0.25, 0.3) is 10.8 Å². The van der Waals surface area contributed by atoms with Gasteiger partial charge in [0.2, 0.25) is 0 Å². The molecule has 2 aromatic rings. The minimum Gasteiger partial charge on any atom is -0.507 e. The molecule has 0 heterocycles. The van der Waals surface area contributed by atoms with E-state index < -0.39 is 4.33 Å². The highest BCUT2D eigenvalue weighted by Crippen LogP contribution is 2.47. The number of benzene rings is 2. The Hall–Kier alpha value is -1.78. The lowest BCUT2D eigenvalue weighted by atomic mass is 9.84. The quantitative estimate of drug-likeness (QED) is 0.443. The second-order valence-electron chi connectivity index (χ2n) is 4.73. The number of phenolic OH excluding ortho intramolecular Hbond substituents is 2. The van der Waals surface area contributed by atoms with Gasteiger partial charge in [0.25, 0.3) is 0 Å². The third-order valence-electron chi connectivity index (χ3n) is 3.48. The van der Waals surface area contributed by atoms with E-state index in [0.717, 1.165) is 0 Å². The van der Waals surface area contributed by atoms with Crippen LogP contribution >= 0.6 is 23.2 Å². The lowest BCUT2D eigenvalue weighted by molar-refractivity contribution is 0.466. The molecule has 0 aliphatic heterocycles. The van der Waals surface area contributed by atoms with Gasteiger partial charge in [-0.2, -0.15) is 0 Å². The van der Waals surface area contributed by atoms with E-state index in [0.29, 0.717) is 10.8 Å². The molecule has 0 bridgehead atoms. The molecule has 2 aromatic carbocycles. The molecular formula is C14H10Cl2N2O2. The van der Waals surface area contributed by atoms with E-state index in [2.05, 4.69) is 0 Å². The fourth-order valence-corrected chi connectivity index (χ4v) is 2.98. The molecule has 1 aliphatic carbocycles. The Morgan fingerprint density at radius 3 is 2.00 bits per heavy atom. The molecule has 0 saturated carbocycles. The summed E-state index contributed by atoms with van der Waals surface area (Å²) in [7, 11) is 0. The van der Waals surface area contributed by atoms with Gasteiger partial charge in [0, 0.05) is 22.9 Å². The van der Waals surface area contributed by atoms with E-state index in [1.807, 2.05) is 0 Å². The highest BCUT2D eigenvalue weighted by molar-refractivity contribution is 6.62. The Bertz CT molecular complexity index is 784. The van der Waals surface area contributed by atoms with Gasteiger partial charge in [-0.25, -0.2) is 0 Å². The lowest BCUT2D eigenvalue weighted by Gasteiger charge is -2.30. The number of phenols is 2. The second kappa shape index (κ2) is 4.11. The Morgan fingerprint density at radius 1 is 0.950 bits per heavy atom. The summed E-state index contributed by atoms with van der Waals surface area (Å²) in [5, 5.41) is 37.6. The minimum absolute atomic E-state index is 0.000414. The fraction of sp³-hybridized carbons (Fsp3) is 0.143. The highest BCUT2D eigenvalue weighted by atomic mass is 35.5. The number of nitrogens with one attached hydrogen (secondary N) is 2. The molecule has 4 nitrogen and oxygen atoms in total. The van der Waals surface area contributed by atoms with Crippen molar-refractivity contribution in [2.75, 3.05) is 0 Å². The largest absolute Gasteiger partial charge is 0.507 e. The van der Waals surface area contributed by atoms with Crippen LogP contribution in [0.3, 0.4) is 0 Å². The van der Waals surface area contributed by atoms with E-state index in [9.17, 15) is 10.2 Å². The standard InChI is InChI=1S/C14H10Cl2N2O2/c15-14(16)5-8(17)9-10(13(14)18)12(20)7-4-2-1-3-6(7)11(9)19/h1-4,17-20H,5H2. The first kappa shape index (κ1) is 13.2. The Labute approximate surface area is 124 Å². The average Bonchev–Trinajstić information content (AvgIpc) is 2.40. The van der Waals surface area contributed by atoms with Crippen LogP contribution in [0, 0.1) is 10.8 Å². The maximum Gasteiger partial charge on any atom is 0.165 e. The number of hydrogen-bond donors (Lipinski definition) is 4. The molecule has 4 N–H and O–H groups in total. The predicted octanol–water partition coefficient (Wildman–Crippen LogP) is 3.56. The number of halogens is 2. The summed E-state index contributed by atoms with van der Waals surface area (Å²) in [6.07, 6.45) is -0.0900. The predicted molar refractivity (Wildman–Crippen MR) is 80.0 cm³/mol. The van der Waals surface area contributed by atoms with E-state index in [1.165, 1.54) is 0 Å². The van der Waals surface area contributed by atoms with Crippen molar-refractivity contribution in [3.05, 3.63) is 35.4 Å². The number of rotatable bonds is 0. The monoisotopic (exact) mass is 308 g/mol. The van der Waals surface area contributed by atoms with E-state index in [1.54, 1.807) is 24.3 Å². The van der Waals surface area contributed by atoms with Gasteiger partial charge in [-0.15, -0.1) is 0 Å². The molecule has 0 unspecified atom stereocenters. The second-order valence-corrected chi connectivity index (χ2v) is 6.21. The minimum atomic E-state index is -1.57. The Kier molecular flexibility index (Phi) is 2.71. The van der Waals surface area contributed by atoms with Gasteiger partial charge in [0.05, 0.1) is 16.8 Å². The van der Waals surface area contributed by atoms with Crippen molar-refractivity contribution in [1.29, 1.82) is 10.8 Å². The van der Waals surface area contributed by atoms with Crippen molar-refractivity contribution < 1.29 is 10.2 Å². The molecule has 0 atom stereocenters. The van der Waals surface area contributed by atoms with Crippen LogP contribution in [0.1, 0.15) is 17.5 Å². The van der Waals surface area contributed by atoms with Crippen LogP contribution in [0.15, 0.2) is 24.3 Å². The molecule has 3 rings (SSSR count). The smallest absolute Gasteiger partial charge is 0.165 e. The number of hydrogen-bond acceptors (Lipinski definition) is 4. The summed E-state index contributed by atoms with van der Waals surface area (Å²) >= 11 is 12.1. The van der Waals surface area contributed by atoms with Crippen molar-refractivity contribution in [3.8, 4) is 11.5 Å². The third kappa shape index (κ3) is 1.62. The van der Waals surface area contributed by atoms with E-state index >= 15 is 0 Å². The topological polar surface area (TPSA) is 88.2 Å². The average molecular weight is 309 g/mol. The number of alkyl halides is 2. The first-order valence-electron chi connectivity index (χ1n) is 5.86. The van der Waals surface area contributed by atoms with Crippen molar-refractivity contribution in [2.45, 2.75) is 10.8 Å². The molecular weight excluding hydrogens is 299 g/mol. The van der Waals surface area contributed by atoms with Gasteiger partial charge in [-0.1, -0.05) is 47.5 Å². The molecule has 0 saturated heterocycles. The summed E-state index contributed by atoms with van der Waals surface area (Å²) < 4.78 is -1.57. The summed E-state index contributed by atoms with van der Waals surface area (Å²) in [6, 6.07) is 6.70. The molecule has 102 valence electrons. The molecule has 0 amide bonds. The summed E-state index contributed by atoms with van der Waals surface area (Å²) in [5.74, 6) is -0.319. The van der Waals surface area contributed by atoms with Crippen LogP contribution in [0.2, 0.25) is 0 Å². The number of fused-ring (bicyclic) bond motifs is 2. The van der Waals surface area contributed by atoms with Gasteiger partial charge in [0.15, 0.2) is 4.33 Å². The van der Waals surface area contributed by atoms with Crippen LogP contribution < -0.4 is 0 Å². The maximum atomic E-state index is 10.4. The van der Waals surface area contributed by atoms with Gasteiger partial charge >= 0.3 is 0 Å². The first-order chi connectivity index (χ1) is 9.34. The van der Waals surface area contributed by atoms with Gasteiger partial charge < -0.3 is 21.0 Å². The zero-order valence-electron chi connectivity index (χ0n) is 10.2.